The average molecular weight is 577 g/mol. The van der Waals surface area contributed by atoms with Crippen molar-refractivity contribution in [2.45, 2.75) is 4.90 Å². The van der Waals surface area contributed by atoms with Crippen LogP contribution in [0.25, 0.3) is 0 Å². The lowest BCUT2D eigenvalue weighted by molar-refractivity contribution is -0.118. The van der Waals surface area contributed by atoms with Crippen LogP contribution in [0.3, 0.4) is 0 Å². The number of ether oxygens (including phenoxy) is 1. The van der Waals surface area contributed by atoms with Crippen molar-refractivity contribution >= 4 is 73.1 Å². The minimum atomic E-state index is -3.85. The maximum absolute atomic E-state index is 12.5. The van der Waals surface area contributed by atoms with Crippen molar-refractivity contribution in [3.05, 3.63) is 80.3 Å². The number of sulfonamides is 1. The molecule has 6 nitrogen and oxygen atoms in total. The SMILES string of the molecule is O=C(COc1ccc(S(=O)(=O)Nc2ccc(Cl)cc2)cc1Cl)Nc1ccc(I)cc1. The van der Waals surface area contributed by atoms with E-state index >= 15 is 0 Å². The second kappa shape index (κ2) is 9.86. The summed E-state index contributed by atoms with van der Waals surface area (Å²) in [6.07, 6.45) is 0. The van der Waals surface area contributed by atoms with Gasteiger partial charge in [-0.15, -0.1) is 0 Å². The molecule has 30 heavy (non-hydrogen) atoms. The Morgan fingerprint density at radius 2 is 1.57 bits per heavy atom. The topological polar surface area (TPSA) is 84.5 Å². The van der Waals surface area contributed by atoms with Crippen LogP contribution in [-0.4, -0.2) is 20.9 Å². The number of hydrogen-bond acceptors (Lipinski definition) is 4. The van der Waals surface area contributed by atoms with E-state index in [1.807, 2.05) is 12.1 Å². The number of carbonyl (C=O) groups excluding carboxylic acids is 1. The number of anilines is 2. The zero-order valence-electron chi connectivity index (χ0n) is 15.2. The Morgan fingerprint density at radius 3 is 2.20 bits per heavy atom. The molecular formula is C20H15Cl2IN2O4S. The number of hydrogen-bond donors (Lipinski definition) is 2. The van der Waals surface area contributed by atoms with Gasteiger partial charge in [-0.25, -0.2) is 8.42 Å². The summed E-state index contributed by atoms with van der Waals surface area (Å²) < 4.78 is 34.0. The maximum Gasteiger partial charge on any atom is 0.262 e. The molecule has 0 aliphatic carbocycles. The fourth-order valence-electron chi connectivity index (χ4n) is 2.37. The maximum atomic E-state index is 12.5. The van der Waals surface area contributed by atoms with Crippen LogP contribution in [0.2, 0.25) is 10.0 Å². The molecular weight excluding hydrogens is 562 g/mol. The number of amides is 1. The highest BCUT2D eigenvalue weighted by molar-refractivity contribution is 14.1. The summed E-state index contributed by atoms with van der Waals surface area (Å²) in [7, 11) is -3.85. The molecule has 0 saturated carbocycles. The molecule has 0 spiro atoms. The summed E-state index contributed by atoms with van der Waals surface area (Å²) in [5.74, 6) is -0.173. The van der Waals surface area contributed by atoms with Crippen LogP contribution >= 0.6 is 45.8 Å². The van der Waals surface area contributed by atoms with E-state index < -0.39 is 10.0 Å². The lowest BCUT2D eigenvalue weighted by Crippen LogP contribution is -2.20. The van der Waals surface area contributed by atoms with Crippen LogP contribution in [0.4, 0.5) is 11.4 Å². The zero-order valence-corrected chi connectivity index (χ0v) is 19.7. The van der Waals surface area contributed by atoms with Crippen LogP contribution in [0.15, 0.2) is 71.6 Å². The van der Waals surface area contributed by atoms with E-state index in [0.717, 1.165) is 3.57 Å². The van der Waals surface area contributed by atoms with Crippen molar-refractivity contribution < 1.29 is 17.9 Å². The second-order valence-electron chi connectivity index (χ2n) is 6.05. The third kappa shape index (κ3) is 6.24. The van der Waals surface area contributed by atoms with Gasteiger partial charge in [-0.2, -0.15) is 0 Å². The van der Waals surface area contributed by atoms with Gasteiger partial charge in [0.25, 0.3) is 15.9 Å². The van der Waals surface area contributed by atoms with E-state index in [-0.39, 0.29) is 28.2 Å². The van der Waals surface area contributed by atoms with Crippen molar-refractivity contribution in [3.63, 3.8) is 0 Å². The Kier molecular flexibility index (Phi) is 7.45. The Balaban J connectivity index is 1.63. The highest BCUT2D eigenvalue weighted by atomic mass is 127. The average Bonchev–Trinajstić information content (AvgIpc) is 2.70. The third-order valence-corrected chi connectivity index (χ3v) is 6.44. The molecule has 0 fully saturated rings. The number of rotatable bonds is 7. The largest absolute Gasteiger partial charge is 0.482 e. The molecule has 0 radical (unpaired) electrons. The quantitative estimate of drug-likeness (QED) is 0.368. The van der Waals surface area contributed by atoms with E-state index in [0.29, 0.717) is 16.4 Å². The molecule has 0 heterocycles. The molecule has 0 aromatic heterocycles. The molecule has 2 N–H and O–H groups in total. The first-order valence-electron chi connectivity index (χ1n) is 8.49. The first-order valence-corrected chi connectivity index (χ1v) is 11.8. The third-order valence-electron chi connectivity index (χ3n) is 3.80. The summed E-state index contributed by atoms with van der Waals surface area (Å²) in [6, 6.07) is 17.5. The fraction of sp³-hybridized carbons (Fsp3) is 0.0500. The summed E-state index contributed by atoms with van der Waals surface area (Å²) in [6.45, 7) is -0.277. The normalized spacial score (nSPS) is 11.0. The minimum absolute atomic E-state index is 0.0434. The summed E-state index contributed by atoms with van der Waals surface area (Å²) in [4.78, 5) is 12.0. The highest BCUT2D eigenvalue weighted by Gasteiger charge is 2.17. The number of halogens is 3. The van der Waals surface area contributed by atoms with E-state index in [2.05, 4.69) is 32.6 Å². The smallest absolute Gasteiger partial charge is 0.262 e. The Labute approximate surface area is 197 Å². The van der Waals surface area contributed by atoms with Gasteiger partial charge in [-0.1, -0.05) is 23.2 Å². The molecule has 0 aliphatic rings. The molecule has 0 saturated heterocycles. The van der Waals surface area contributed by atoms with Crippen LogP contribution in [0, 0.1) is 3.57 Å². The number of carbonyl (C=O) groups is 1. The molecule has 0 aliphatic heterocycles. The lowest BCUT2D eigenvalue weighted by Gasteiger charge is -2.12. The number of nitrogens with one attached hydrogen (secondary N) is 2. The van der Waals surface area contributed by atoms with Gasteiger partial charge in [-0.3, -0.25) is 9.52 Å². The molecule has 0 unspecified atom stereocenters. The van der Waals surface area contributed by atoms with Gasteiger partial charge in [0.05, 0.1) is 9.92 Å². The Morgan fingerprint density at radius 1 is 0.933 bits per heavy atom. The molecule has 10 heteroatoms. The molecule has 0 bridgehead atoms. The van der Waals surface area contributed by atoms with Crippen molar-refractivity contribution in [2.24, 2.45) is 0 Å². The van der Waals surface area contributed by atoms with Crippen molar-refractivity contribution in [2.75, 3.05) is 16.6 Å². The van der Waals surface area contributed by atoms with E-state index in [4.69, 9.17) is 27.9 Å². The van der Waals surface area contributed by atoms with Gasteiger partial charge < -0.3 is 10.1 Å². The van der Waals surface area contributed by atoms with Crippen LogP contribution in [-0.2, 0) is 14.8 Å². The van der Waals surface area contributed by atoms with Crippen molar-refractivity contribution in [1.82, 2.24) is 0 Å². The predicted molar refractivity (Wildman–Crippen MR) is 127 cm³/mol. The van der Waals surface area contributed by atoms with Gasteiger partial charge in [-0.05, 0) is 89.3 Å². The molecule has 3 aromatic rings. The minimum Gasteiger partial charge on any atom is -0.482 e. The second-order valence-corrected chi connectivity index (χ2v) is 9.82. The van der Waals surface area contributed by atoms with E-state index in [1.54, 1.807) is 36.4 Å². The summed E-state index contributed by atoms with van der Waals surface area (Å²) in [5.41, 5.74) is 1.01. The first kappa shape index (κ1) is 22.7. The van der Waals surface area contributed by atoms with Gasteiger partial charge in [0.2, 0.25) is 0 Å². The van der Waals surface area contributed by atoms with Crippen LogP contribution < -0.4 is 14.8 Å². The predicted octanol–water partition coefficient (Wildman–Crippen LogP) is 5.42. The van der Waals surface area contributed by atoms with Gasteiger partial charge in [0.15, 0.2) is 6.61 Å². The van der Waals surface area contributed by atoms with Gasteiger partial charge >= 0.3 is 0 Å². The van der Waals surface area contributed by atoms with Crippen LogP contribution in [0.1, 0.15) is 0 Å². The Hall–Kier alpha value is -2.01. The monoisotopic (exact) mass is 576 g/mol. The van der Waals surface area contributed by atoms with Crippen LogP contribution in [0.5, 0.6) is 5.75 Å². The van der Waals surface area contributed by atoms with Crippen molar-refractivity contribution in [1.29, 1.82) is 0 Å². The summed E-state index contributed by atoms with van der Waals surface area (Å²) >= 11 is 14.1. The van der Waals surface area contributed by atoms with Gasteiger partial charge in [0.1, 0.15) is 5.75 Å². The molecule has 0 atom stereocenters. The standard InChI is InChI=1S/C20H15Cl2IN2O4S/c21-13-1-5-16(6-2-13)25-30(27,28)17-9-10-19(18(22)11-17)29-12-20(26)24-15-7-3-14(23)4-8-15/h1-11,25H,12H2,(H,24,26). The lowest BCUT2D eigenvalue weighted by atomic mass is 10.3. The molecule has 3 rings (SSSR count). The molecule has 3 aromatic carbocycles. The van der Waals surface area contributed by atoms with Gasteiger partial charge in [0, 0.05) is 20.0 Å². The van der Waals surface area contributed by atoms with Crippen molar-refractivity contribution in [3.8, 4) is 5.75 Å². The molecule has 1 amide bonds. The highest BCUT2D eigenvalue weighted by Crippen LogP contribution is 2.28. The van der Waals surface area contributed by atoms with E-state index in [9.17, 15) is 13.2 Å². The Bertz CT molecular complexity index is 1150. The summed E-state index contributed by atoms with van der Waals surface area (Å²) in [5, 5.41) is 3.26. The first-order chi connectivity index (χ1) is 14.2. The number of benzene rings is 3. The van der Waals surface area contributed by atoms with E-state index in [1.165, 1.54) is 18.2 Å². The molecule has 156 valence electrons. The fourth-order valence-corrected chi connectivity index (χ4v) is 4.24. The zero-order chi connectivity index (χ0) is 21.7.